The SMILES string of the molecule is O=c1c(Nc2cc(F)cc(C3=NCCN3)c2)c(Nc2cc(F)cc(C3=NCCN3)c2)c1=O. The Labute approximate surface area is 180 Å². The Bertz CT molecular complexity index is 1250. The molecule has 0 unspecified atom stereocenters. The molecule has 2 heterocycles. The van der Waals surface area contributed by atoms with Crippen molar-refractivity contribution in [3.05, 3.63) is 79.6 Å². The van der Waals surface area contributed by atoms with Crippen LogP contribution in [-0.2, 0) is 0 Å². The van der Waals surface area contributed by atoms with Crippen LogP contribution in [0.1, 0.15) is 11.1 Å². The van der Waals surface area contributed by atoms with Gasteiger partial charge in [0.05, 0.1) is 13.1 Å². The Balaban J connectivity index is 1.43. The van der Waals surface area contributed by atoms with Crippen LogP contribution in [0.15, 0.2) is 56.0 Å². The Hall–Kier alpha value is -4.08. The van der Waals surface area contributed by atoms with E-state index in [-0.39, 0.29) is 22.7 Å². The summed E-state index contributed by atoms with van der Waals surface area (Å²) in [5.41, 5.74) is 0.105. The molecular weight excluding hydrogens is 418 g/mol. The average molecular weight is 436 g/mol. The third-order valence-electron chi connectivity index (χ3n) is 5.14. The van der Waals surface area contributed by atoms with Gasteiger partial charge in [0.1, 0.15) is 34.7 Å². The number of nitrogens with one attached hydrogen (secondary N) is 4. The van der Waals surface area contributed by atoms with Gasteiger partial charge in [-0.15, -0.1) is 0 Å². The normalized spacial score (nSPS) is 15.2. The van der Waals surface area contributed by atoms with Crippen LogP contribution in [-0.4, -0.2) is 37.9 Å². The van der Waals surface area contributed by atoms with E-state index in [9.17, 15) is 18.4 Å². The molecule has 2 aliphatic heterocycles. The van der Waals surface area contributed by atoms with Crippen molar-refractivity contribution in [2.75, 3.05) is 36.8 Å². The van der Waals surface area contributed by atoms with Crippen molar-refractivity contribution in [3.8, 4) is 0 Å². The highest BCUT2D eigenvalue weighted by Crippen LogP contribution is 2.27. The highest BCUT2D eigenvalue weighted by atomic mass is 19.1. The Morgan fingerprint density at radius 3 is 1.50 bits per heavy atom. The van der Waals surface area contributed by atoms with Crippen molar-refractivity contribution in [2.24, 2.45) is 9.98 Å². The number of hydrogen-bond donors (Lipinski definition) is 4. The van der Waals surface area contributed by atoms with E-state index in [0.29, 0.717) is 49.0 Å². The van der Waals surface area contributed by atoms with Gasteiger partial charge < -0.3 is 21.3 Å². The smallest absolute Gasteiger partial charge is 0.253 e. The first kappa shape index (κ1) is 19.9. The van der Waals surface area contributed by atoms with Crippen LogP contribution in [0.25, 0.3) is 0 Å². The Morgan fingerprint density at radius 2 is 1.12 bits per heavy atom. The lowest BCUT2D eigenvalue weighted by Gasteiger charge is -2.16. The van der Waals surface area contributed by atoms with Gasteiger partial charge in [0.15, 0.2) is 0 Å². The summed E-state index contributed by atoms with van der Waals surface area (Å²) in [6.07, 6.45) is 0. The second-order valence-corrected chi connectivity index (χ2v) is 7.43. The van der Waals surface area contributed by atoms with Crippen LogP contribution in [0.5, 0.6) is 0 Å². The minimum Gasteiger partial charge on any atom is -0.368 e. The maximum atomic E-state index is 14.1. The van der Waals surface area contributed by atoms with Gasteiger partial charge in [-0.1, -0.05) is 0 Å². The Kier molecular flexibility index (Phi) is 4.89. The van der Waals surface area contributed by atoms with Crippen molar-refractivity contribution in [3.63, 3.8) is 0 Å². The summed E-state index contributed by atoms with van der Waals surface area (Å²) in [5, 5.41) is 11.7. The molecule has 0 amide bonds. The molecule has 3 aromatic carbocycles. The maximum absolute atomic E-state index is 14.1. The molecule has 0 aromatic heterocycles. The molecule has 0 spiro atoms. The summed E-state index contributed by atoms with van der Waals surface area (Å²) in [7, 11) is 0. The second-order valence-electron chi connectivity index (χ2n) is 7.43. The predicted octanol–water partition coefficient (Wildman–Crippen LogP) is 1.75. The third-order valence-corrected chi connectivity index (χ3v) is 5.14. The zero-order valence-electron chi connectivity index (χ0n) is 16.8. The summed E-state index contributed by atoms with van der Waals surface area (Å²) in [5.74, 6) is 0.0849. The molecule has 32 heavy (non-hydrogen) atoms. The molecule has 0 fully saturated rings. The van der Waals surface area contributed by atoms with Gasteiger partial charge in [0.25, 0.3) is 10.9 Å². The molecule has 2 aliphatic rings. The molecule has 0 radical (unpaired) electrons. The minimum atomic E-state index is -0.742. The fraction of sp³-hybridized carbons (Fsp3) is 0.182. The van der Waals surface area contributed by atoms with Gasteiger partial charge in [0.2, 0.25) is 0 Å². The third kappa shape index (κ3) is 3.70. The highest BCUT2D eigenvalue weighted by Gasteiger charge is 2.23. The van der Waals surface area contributed by atoms with Gasteiger partial charge in [-0.3, -0.25) is 19.6 Å². The number of amidine groups is 2. The molecule has 0 atom stereocenters. The molecule has 162 valence electrons. The number of benzene rings is 2. The zero-order valence-corrected chi connectivity index (χ0v) is 16.8. The minimum absolute atomic E-state index is 0.0185. The number of hydrogen-bond acceptors (Lipinski definition) is 8. The van der Waals surface area contributed by atoms with Gasteiger partial charge in [0, 0.05) is 35.6 Å². The van der Waals surface area contributed by atoms with Crippen molar-refractivity contribution < 1.29 is 8.78 Å². The fourth-order valence-electron chi connectivity index (χ4n) is 3.70. The highest BCUT2D eigenvalue weighted by molar-refractivity contribution is 6.01. The monoisotopic (exact) mass is 436 g/mol. The van der Waals surface area contributed by atoms with Gasteiger partial charge in [-0.2, -0.15) is 0 Å². The lowest BCUT2D eigenvalue weighted by Crippen LogP contribution is -2.36. The van der Waals surface area contributed by atoms with Gasteiger partial charge in [-0.25, -0.2) is 8.78 Å². The van der Waals surface area contributed by atoms with E-state index in [0.717, 1.165) is 0 Å². The standard InChI is InChI=1S/C22H18F2N6O2/c23-13-5-11(21-25-1-2-26-21)7-15(9-13)29-17-18(20(32)19(17)31)30-16-8-12(6-14(24)10-16)22-27-3-4-28-22/h5-10,29-30H,1-4H2,(H,25,26)(H,27,28). The van der Waals surface area contributed by atoms with E-state index in [4.69, 9.17) is 0 Å². The fourth-order valence-corrected chi connectivity index (χ4v) is 3.70. The molecule has 3 aromatic rings. The largest absolute Gasteiger partial charge is 0.368 e. The van der Waals surface area contributed by atoms with E-state index in [1.54, 1.807) is 12.1 Å². The van der Waals surface area contributed by atoms with Crippen molar-refractivity contribution >= 4 is 34.4 Å². The van der Waals surface area contributed by atoms with Crippen LogP contribution in [0.2, 0.25) is 0 Å². The number of anilines is 4. The molecule has 0 saturated carbocycles. The Morgan fingerprint density at radius 1 is 0.688 bits per heavy atom. The summed E-state index contributed by atoms with van der Waals surface area (Å²) in [6, 6.07) is 8.35. The number of nitrogens with zero attached hydrogens (tertiary/aromatic N) is 2. The summed E-state index contributed by atoms with van der Waals surface area (Å²) < 4.78 is 28.3. The van der Waals surface area contributed by atoms with Gasteiger partial charge >= 0.3 is 0 Å². The first-order valence-electron chi connectivity index (χ1n) is 10.0. The number of aliphatic imine (C=N–C) groups is 2. The first-order chi connectivity index (χ1) is 15.5. The van der Waals surface area contributed by atoms with E-state index in [1.165, 1.54) is 24.3 Å². The van der Waals surface area contributed by atoms with Crippen molar-refractivity contribution in [1.29, 1.82) is 0 Å². The van der Waals surface area contributed by atoms with Crippen LogP contribution in [0, 0.1) is 11.6 Å². The molecular formula is C22H18F2N6O2. The second kappa shape index (κ2) is 7.88. The molecule has 0 aliphatic carbocycles. The van der Waals surface area contributed by atoms with Crippen molar-refractivity contribution in [2.45, 2.75) is 0 Å². The molecule has 0 bridgehead atoms. The molecule has 0 saturated heterocycles. The molecule has 8 nitrogen and oxygen atoms in total. The number of rotatable bonds is 6. The quantitative estimate of drug-likeness (QED) is 0.439. The summed E-state index contributed by atoms with van der Waals surface area (Å²) >= 11 is 0. The molecule has 4 N–H and O–H groups in total. The van der Waals surface area contributed by atoms with Crippen LogP contribution in [0.3, 0.4) is 0 Å². The van der Waals surface area contributed by atoms with Crippen LogP contribution < -0.4 is 32.1 Å². The van der Waals surface area contributed by atoms with E-state index in [2.05, 4.69) is 31.3 Å². The van der Waals surface area contributed by atoms with Crippen LogP contribution >= 0.6 is 0 Å². The predicted molar refractivity (Wildman–Crippen MR) is 120 cm³/mol. The number of halogens is 2. The van der Waals surface area contributed by atoms with E-state index < -0.39 is 22.5 Å². The van der Waals surface area contributed by atoms with Gasteiger partial charge in [-0.05, 0) is 36.4 Å². The topological polar surface area (TPSA) is 107 Å². The lowest BCUT2D eigenvalue weighted by atomic mass is 10.1. The lowest BCUT2D eigenvalue weighted by molar-refractivity contribution is 0.627. The zero-order chi connectivity index (χ0) is 22.2. The molecule has 5 rings (SSSR count). The first-order valence-corrected chi connectivity index (χ1v) is 10.0. The van der Waals surface area contributed by atoms with Crippen molar-refractivity contribution in [1.82, 2.24) is 10.6 Å². The van der Waals surface area contributed by atoms with Crippen LogP contribution in [0.4, 0.5) is 31.5 Å². The molecule has 10 heteroatoms. The summed E-state index contributed by atoms with van der Waals surface area (Å²) in [4.78, 5) is 32.9. The van der Waals surface area contributed by atoms with E-state index >= 15 is 0 Å². The average Bonchev–Trinajstić information content (AvgIpc) is 3.49. The summed E-state index contributed by atoms with van der Waals surface area (Å²) in [6.45, 7) is 2.52. The van der Waals surface area contributed by atoms with E-state index in [1.807, 2.05) is 0 Å². The maximum Gasteiger partial charge on any atom is 0.253 e.